The Morgan fingerprint density at radius 2 is 1.62 bits per heavy atom. The van der Waals surface area contributed by atoms with E-state index in [1.807, 2.05) is 30.3 Å². The summed E-state index contributed by atoms with van der Waals surface area (Å²) >= 11 is 0. The number of para-hydroxylation sites is 1. The highest BCUT2D eigenvalue weighted by molar-refractivity contribution is 5.29. The Kier molecular flexibility index (Phi) is 4.99. The van der Waals surface area contributed by atoms with Crippen LogP contribution in [0.25, 0.3) is 0 Å². The fraction of sp³-hybridized carbons (Fsp3) is 0.333. The van der Waals surface area contributed by atoms with E-state index in [1.165, 1.54) is 5.56 Å². The van der Waals surface area contributed by atoms with Crippen LogP contribution in [0.15, 0.2) is 54.6 Å². The average molecular weight is 284 g/mol. The van der Waals surface area contributed by atoms with E-state index in [9.17, 15) is 0 Å². The quantitative estimate of drug-likeness (QED) is 0.652. The summed E-state index contributed by atoms with van der Waals surface area (Å²) in [6, 6.07) is 18.3. The molecule has 1 unspecified atom stereocenters. The van der Waals surface area contributed by atoms with Crippen molar-refractivity contribution in [1.82, 2.24) is 5.43 Å². The Labute approximate surface area is 127 Å². The van der Waals surface area contributed by atoms with E-state index in [2.05, 4.69) is 50.5 Å². The number of benzene rings is 2. The van der Waals surface area contributed by atoms with Gasteiger partial charge in [0.05, 0.1) is 6.04 Å². The molecule has 0 saturated heterocycles. The molecule has 2 aromatic carbocycles. The van der Waals surface area contributed by atoms with Gasteiger partial charge in [-0.15, -0.1) is 0 Å². The van der Waals surface area contributed by atoms with Crippen LogP contribution in [-0.2, 0) is 5.41 Å². The zero-order valence-corrected chi connectivity index (χ0v) is 13.0. The van der Waals surface area contributed by atoms with Gasteiger partial charge in [-0.05, 0) is 28.7 Å². The van der Waals surface area contributed by atoms with E-state index >= 15 is 0 Å². The van der Waals surface area contributed by atoms with Gasteiger partial charge in [0.2, 0.25) is 0 Å². The summed E-state index contributed by atoms with van der Waals surface area (Å²) in [5.74, 6) is 6.51. The third-order valence-electron chi connectivity index (χ3n) is 3.54. The molecule has 1 atom stereocenters. The molecule has 0 heterocycles. The van der Waals surface area contributed by atoms with E-state index < -0.39 is 0 Å². The second-order valence-electron chi connectivity index (χ2n) is 6.22. The lowest BCUT2D eigenvalue weighted by molar-refractivity contribution is 0.267. The lowest BCUT2D eigenvalue weighted by atomic mass is 9.86. The van der Waals surface area contributed by atoms with Crippen molar-refractivity contribution in [3.63, 3.8) is 0 Å². The van der Waals surface area contributed by atoms with E-state index in [1.54, 1.807) is 0 Å². The first-order valence-corrected chi connectivity index (χ1v) is 7.25. The number of rotatable bonds is 5. The molecule has 0 aliphatic rings. The fourth-order valence-electron chi connectivity index (χ4n) is 2.15. The molecule has 2 aromatic rings. The second-order valence-corrected chi connectivity index (χ2v) is 6.22. The number of hydrogen-bond acceptors (Lipinski definition) is 3. The first-order chi connectivity index (χ1) is 10.0. The summed E-state index contributed by atoms with van der Waals surface area (Å²) < 4.78 is 5.77. The van der Waals surface area contributed by atoms with Crippen molar-refractivity contribution < 1.29 is 4.74 Å². The molecule has 21 heavy (non-hydrogen) atoms. The molecule has 0 bridgehead atoms. The van der Waals surface area contributed by atoms with Gasteiger partial charge in [0, 0.05) is 0 Å². The maximum absolute atomic E-state index is 5.77. The molecule has 0 aliphatic carbocycles. The zero-order chi connectivity index (χ0) is 15.3. The summed E-state index contributed by atoms with van der Waals surface area (Å²) in [6.07, 6.45) is 0. The summed E-state index contributed by atoms with van der Waals surface area (Å²) in [6.45, 7) is 7.12. The van der Waals surface area contributed by atoms with Gasteiger partial charge in [-0.2, -0.15) is 0 Å². The normalized spacial score (nSPS) is 13.0. The summed E-state index contributed by atoms with van der Waals surface area (Å²) in [4.78, 5) is 0. The van der Waals surface area contributed by atoms with Crippen LogP contribution >= 0.6 is 0 Å². The largest absolute Gasteiger partial charge is 0.492 e. The number of nitrogens with two attached hydrogens (primary N) is 1. The van der Waals surface area contributed by atoms with Gasteiger partial charge in [0.15, 0.2) is 0 Å². The molecule has 2 rings (SSSR count). The van der Waals surface area contributed by atoms with Crippen LogP contribution in [0.5, 0.6) is 5.75 Å². The van der Waals surface area contributed by atoms with E-state index in [0.717, 1.165) is 11.3 Å². The zero-order valence-electron chi connectivity index (χ0n) is 13.0. The number of nitrogens with one attached hydrogen (secondary N) is 1. The Bertz CT molecular complexity index is 544. The van der Waals surface area contributed by atoms with Gasteiger partial charge < -0.3 is 4.74 Å². The van der Waals surface area contributed by atoms with Crippen LogP contribution in [0.3, 0.4) is 0 Å². The van der Waals surface area contributed by atoms with Crippen LogP contribution in [0.4, 0.5) is 0 Å². The molecule has 0 spiro atoms. The van der Waals surface area contributed by atoms with Crippen LogP contribution in [0.2, 0.25) is 0 Å². The molecule has 3 heteroatoms. The predicted molar refractivity (Wildman–Crippen MR) is 87.1 cm³/mol. The molecule has 0 saturated carbocycles. The lowest BCUT2D eigenvalue weighted by Gasteiger charge is -2.21. The third kappa shape index (κ3) is 4.31. The molecule has 3 N–H and O–H groups in total. The molecule has 0 radical (unpaired) electrons. The van der Waals surface area contributed by atoms with Crippen molar-refractivity contribution in [3.8, 4) is 5.75 Å². The van der Waals surface area contributed by atoms with Gasteiger partial charge in [0.25, 0.3) is 0 Å². The Morgan fingerprint density at radius 3 is 2.14 bits per heavy atom. The van der Waals surface area contributed by atoms with Crippen LogP contribution in [0, 0.1) is 0 Å². The molecule has 0 fully saturated rings. The maximum atomic E-state index is 5.77. The minimum absolute atomic E-state index is 0.0285. The molecular weight excluding hydrogens is 260 g/mol. The van der Waals surface area contributed by atoms with Crippen molar-refractivity contribution in [2.45, 2.75) is 32.2 Å². The van der Waals surface area contributed by atoms with Crippen molar-refractivity contribution in [1.29, 1.82) is 0 Å². The second kappa shape index (κ2) is 6.74. The van der Waals surface area contributed by atoms with Gasteiger partial charge in [0.1, 0.15) is 12.4 Å². The number of hydrazine groups is 1. The van der Waals surface area contributed by atoms with Gasteiger partial charge in [-0.25, -0.2) is 5.43 Å². The molecular formula is C18H24N2O. The van der Waals surface area contributed by atoms with Crippen molar-refractivity contribution in [3.05, 3.63) is 65.7 Å². The minimum Gasteiger partial charge on any atom is -0.492 e. The average Bonchev–Trinajstić information content (AvgIpc) is 2.48. The van der Waals surface area contributed by atoms with E-state index in [4.69, 9.17) is 10.6 Å². The summed E-state index contributed by atoms with van der Waals surface area (Å²) in [7, 11) is 0. The van der Waals surface area contributed by atoms with E-state index in [-0.39, 0.29) is 11.5 Å². The lowest BCUT2D eigenvalue weighted by Crippen LogP contribution is -2.32. The first kappa shape index (κ1) is 15.5. The van der Waals surface area contributed by atoms with Gasteiger partial charge >= 0.3 is 0 Å². The molecule has 0 aliphatic heterocycles. The maximum Gasteiger partial charge on any atom is 0.119 e. The van der Waals surface area contributed by atoms with Gasteiger partial charge in [-0.3, -0.25) is 5.84 Å². The Balaban J connectivity index is 2.04. The van der Waals surface area contributed by atoms with Crippen LogP contribution in [0.1, 0.15) is 37.9 Å². The molecule has 0 amide bonds. The molecule has 3 nitrogen and oxygen atoms in total. The molecule has 0 aromatic heterocycles. The van der Waals surface area contributed by atoms with E-state index in [0.29, 0.717) is 6.61 Å². The summed E-state index contributed by atoms with van der Waals surface area (Å²) in [5, 5.41) is 0. The highest BCUT2D eigenvalue weighted by Crippen LogP contribution is 2.24. The number of ether oxygens (including phenoxy) is 1. The Hall–Kier alpha value is -1.84. The number of hydrogen-bond donors (Lipinski definition) is 2. The SMILES string of the molecule is CC(C)(C)c1ccc(C(COc2ccccc2)NN)cc1. The highest BCUT2D eigenvalue weighted by Gasteiger charge is 2.15. The topological polar surface area (TPSA) is 47.3 Å². The smallest absolute Gasteiger partial charge is 0.119 e. The van der Waals surface area contributed by atoms with Crippen LogP contribution < -0.4 is 16.0 Å². The third-order valence-corrected chi connectivity index (χ3v) is 3.54. The Morgan fingerprint density at radius 1 is 1.00 bits per heavy atom. The fourth-order valence-corrected chi connectivity index (χ4v) is 2.15. The van der Waals surface area contributed by atoms with Crippen molar-refractivity contribution in [2.75, 3.05) is 6.61 Å². The predicted octanol–water partition coefficient (Wildman–Crippen LogP) is 3.57. The van der Waals surface area contributed by atoms with Gasteiger partial charge in [-0.1, -0.05) is 63.2 Å². The standard InChI is InChI=1S/C18H24N2O/c1-18(2,3)15-11-9-14(10-12-15)17(20-19)13-21-16-7-5-4-6-8-16/h4-12,17,20H,13,19H2,1-3H3. The molecule has 112 valence electrons. The summed E-state index contributed by atoms with van der Waals surface area (Å²) in [5.41, 5.74) is 5.42. The monoisotopic (exact) mass is 284 g/mol. The highest BCUT2D eigenvalue weighted by atomic mass is 16.5. The first-order valence-electron chi connectivity index (χ1n) is 7.25. The minimum atomic E-state index is -0.0285. The van der Waals surface area contributed by atoms with Crippen molar-refractivity contribution >= 4 is 0 Å². The van der Waals surface area contributed by atoms with Crippen LogP contribution in [-0.4, -0.2) is 6.61 Å². The van der Waals surface area contributed by atoms with Crippen molar-refractivity contribution in [2.24, 2.45) is 5.84 Å².